The van der Waals surface area contributed by atoms with Crippen LogP contribution in [-0.4, -0.2) is 30.7 Å². The summed E-state index contributed by atoms with van der Waals surface area (Å²) in [5.74, 6) is -3.42. The standard InChI is InChI=1S/C12H15F3N2OS.ClH/c13-9-1-3-10(4-2-9)19-6-5-11(18)17-8-12(14,15)7-16;/h1-4H,5-8,16H2,(H,17,18);1H. The van der Waals surface area contributed by atoms with Crippen molar-refractivity contribution in [1.29, 1.82) is 0 Å². The number of amides is 1. The van der Waals surface area contributed by atoms with Crippen molar-refractivity contribution in [2.24, 2.45) is 5.73 Å². The summed E-state index contributed by atoms with van der Waals surface area (Å²) in [5.41, 5.74) is 4.84. The van der Waals surface area contributed by atoms with E-state index in [1.54, 1.807) is 12.1 Å². The molecule has 8 heteroatoms. The molecule has 0 aliphatic rings. The maximum Gasteiger partial charge on any atom is 0.277 e. The third-order valence-electron chi connectivity index (χ3n) is 2.25. The van der Waals surface area contributed by atoms with Gasteiger partial charge in [-0.2, -0.15) is 0 Å². The number of rotatable bonds is 7. The van der Waals surface area contributed by atoms with Gasteiger partial charge in [0.05, 0.1) is 13.1 Å². The van der Waals surface area contributed by atoms with Gasteiger partial charge in [0.1, 0.15) is 5.82 Å². The van der Waals surface area contributed by atoms with E-state index in [1.807, 2.05) is 0 Å². The first-order valence-electron chi connectivity index (χ1n) is 5.66. The zero-order chi connectivity index (χ0) is 14.3. The Bertz CT molecular complexity index is 418. The topological polar surface area (TPSA) is 55.1 Å². The number of hydrogen-bond acceptors (Lipinski definition) is 3. The van der Waals surface area contributed by atoms with Gasteiger partial charge in [-0.05, 0) is 24.3 Å². The SMILES string of the molecule is Cl.NCC(F)(F)CNC(=O)CCSc1ccc(F)cc1. The molecule has 0 bridgehead atoms. The second-order valence-electron chi connectivity index (χ2n) is 3.89. The molecule has 114 valence electrons. The lowest BCUT2D eigenvalue weighted by molar-refractivity contribution is -0.122. The number of thioether (sulfide) groups is 1. The van der Waals surface area contributed by atoms with Crippen molar-refractivity contribution < 1.29 is 18.0 Å². The Morgan fingerprint density at radius 1 is 1.30 bits per heavy atom. The Morgan fingerprint density at radius 3 is 2.45 bits per heavy atom. The average Bonchev–Trinajstić information content (AvgIpc) is 2.39. The monoisotopic (exact) mass is 328 g/mol. The Labute approximate surface area is 125 Å². The van der Waals surface area contributed by atoms with Crippen LogP contribution in [0.1, 0.15) is 6.42 Å². The minimum Gasteiger partial charge on any atom is -0.350 e. The molecular formula is C12H16ClF3N2OS. The van der Waals surface area contributed by atoms with Crippen molar-refractivity contribution in [3.05, 3.63) is 30.1 Å². The van der Waals surface area contributed by atoms with E-state index in [1.165, 1.54) is 23.9 Å². The maximum absolute atomic E-state index is 12.8. The molecule has 0 radical (unpaired) electrons. The molecule has 0 atom stereocenters. The Hall–Kier alpha value is -0.920. The van der Waals surface area contributed by atoms with Crippen molar-refractivity contribution >= 4 is 30.1 Å². The quantitative estimate of drug-likeness (QED) is 0.756. The summed E-state index contributed by atoms with van der Waals surface area (Å²) in [6.45, 7) is -1.54. The second-order valence-corrected chi connectivity index (χ2v) is 5.06. The molecule has 1 amide bonds. The van der Waals surface area contributed by atoms with E-state index < -0.39 is 24.9 Å². The largest absolute Gasteiger partial charge is 0.350 e. The van der Waals surface area contributed by atoms with Crippen molar-refractivity contribution in [2.45, 2.75) is 17.2 Å². The molecular weight excluding hydrogens is 313 g/mol. The van der Waals surface area contributed by atoms with Crippen LogP contribution in [0.2, 0.25) is 0 Å². The predicted molar refractivity (Wildman–Crippen MR) is 76.0 cm³/mol. The molecule has 0 spiro atoms. The van der Waals surface area contributed by atoms with Crippen LogP contribution >= 0.6 is 24.2 Å². The molecule has 0 fully saturated rings. The van der Waals surface area contributed by atoms with E-state index in [0.29, 0.717) is 5.75 Å². The van der Waals surface area contributed by atoms with Gasteiger partial charge in [-0.1, -0.05) is 0 Å². The minimum absolute atomic E-state index is 0. The van der Waals surface area contributed by atoms with Gasteiger partial charge < -0.3 is 11.1 Å². The molecule has 1 aromatic rings. The van der Waals surface area contributed by atoms with E-state index in [9.17, 15) is 18.0 Å². The number of nitrogens with two attached hydrogens (primary N) is 1. The van der Waals surface area contributed by atoms with Crippen molar-refractivity contribution in [3.8, 4) is 0 Å². The summed E-state index contributed by atoms with van der Waals surface area (Å²) in [4.78, 5) is 12.1. The highest BCUT2D eigenvalue weighted by atomic mass is 35.5. The Morgan fingerprint density at radius 2 is 1.90 bits per heavy atom. The number of benzene rings is 1. The van der Waals surface area contributed by atoms with Crippen LogP contribution in [0.25, 0.3) is 0 Å². The van der Waals surface area contributed by atoms with Gasteiger partial charge >= 0.3 is 0 Å². The Balaban J connectivity index is 0.00000361. The first kappa shape index (κ1) is 19.1. The molecule has 0 unspecified atom stereocenters. The van der Waals surface area contributed by atoms with Gasteiger partial charge in [-0.3, -0.25) is 4.79 Å². The first-order chi connectivity index (χ1) is 8.93. The van der Waals surface area contributed by atoms with Gasteiger partial charge in [0.2, 0.25) is 5.91 Å². The van der Waals surface area contributed by atoms with E-state index in [2.05, 4.69) is 5.32 Å². The molecule has 0 heterocycles. The molecule has 0 saturated heterocycles. The first-order valence-corrected chi connectivity index (χ1v) is 6.64. The lowest BCUT2D eigenvalue weighted by atomic mass is 10.3. The number of carbonyl (C=O) groups is 1. The van der Waals surface area contributed by atoms with Crippen LogP contribution in [0.5, 0.6) is 0 Å². The van der Waals surface area contributed by atoms with Gasteiger partial charge in [-0.15, -0.1) is 24.2 Å². The minimum atomic E-state index is -3.07. The third kappa shape index (κ3) is 7.62. The highest BCUT2D eigenvalue weighted by molar-refractivity contribution is 7.99. The van der Waals surface area contributed by atoms with Gasteiger partial charge in [0.15, 0.2) is 0 Å². The fourth-order valence-electron chi connectivity index (χ4n) is 1.18. The van der Waals surface area contributed by atoms with Crippen LogP contribution in [0, 0.1) is 5.82 Å². The number of alkyl halides is 2. The van der Waals surface area contributed by atoms with Crippen LogP contribution in [0.15, 0.2) is 29.2 Å². The lowest BCUT2D eigenvalue weighted by Gasteiger charge is -2.14. The molecule has 3 N–H and O–H groups in total. The molecule has 0 aliphatic carbocycles. The summed E-state index contributed by atoms with van der Waals surface area (Å²) in [6.07, 6.45) is 0.114. The molecule has 1 rings (SSSR count). The smallest absolute Gasteiger partial charge is 0.277 e. The highest BCUT2D eigenvalue weighted by Crippen LogP contribution is 2.18. The lowest BCUT2D eigenvalue weighted by Crippen LogP contribution is -2.41. The zero-order valence-corrected chi connectivity index (χ0v) is 12.2. The summed E-state index contributed by atoms with van der Waals surface area (Å²) in [7, 11) is 0. The molecule has 0 aromatic heterocycles. The number of carbonyl (C=O) groups excluding carboxylic acids is 1. The van der Waals surface area contributed by atoms with Gasteiger partial charge in [-0.25, -0.2) is 13.2 Å². The van der Waals surface area contributed by atoms with Gasteiger partial charge in [0, 0.05) is 17.1 Å². The maximum atomic E-state index is 12.8. The van der Waals surface area contributed by atoms with Gasteiger partial charge in [0.25, 0.3) is 5.92 Å². The Kier molecular flexibility index (Phi) is 8.68. The van der Waals surface area contributed by atoms with Crippen molar-refractivity contribution in [2.75, 3.05) is 18.8 Å². The predicted octanol–water partition coefficient (Wildman–Crippen LogP) is 2.44. The van der Waals surface area contributed by atoms with Crippen molar-refractivity contribution in [1.82, 2.24) is 5.32 Å². The van der Waals surface area contributed by atoms with Crippen LogP contribution < -0.4 is 11.1 Å². The molecule has 3 nitrogen and oxygen atoms in total. The fourth-order valence-corrected chi connectivity index (χ4v) is 2.03. The van der Waals surface area contributed by atoms with Crippen LogP contribution in [-0.2, 0) is 4.79 Å². The summed E-state index contributed by atoms with van der Waals surface area (Å²) < 4.78 is 38.1. The third-order valence-corrected chi connectivity index (χ3v) is 3.27. The van der Waals surface area contributed by atoms with E-state index in [4.69, 9.17) is 5.73 Å². The molecule has 20 heavy (non-hydrogen) atoms. The van der Waals surface area contributed by atoms with E-state index >= 15 is 0 Å². The van der Waals surface area contributed by atoms with Crippen molar-refractivity contribution in [3.63, 3.8) is 0 Å². The zero-order valence-electron chi connectivity index (χ0n) is 10.6. The van der Waals surface area contributed by atoms with E-state index in [0.717, 1.165) is 4.90 Å². The number of halogens is 4. The number of hydrogen-bond donors (Lipinski definition) is 2. The second kappa shape index (κ2) is 9.10. The highest BCUT2D eigenvalue weighted by Gasteiger charge is 2.26. The summed E-state index contributed by atoms with van der Waals surface area (Å²) >= 11 is 1.36. The summed E-state index contributed by atoms with van der Waals surface area (Å²) in [6, 6.07) is 5.84. The summed E-state index contributed by atoms with van der Waals surface area (Å²) in [5, 5.41) is 2.13. The normalized spacial score (nSPS) is 10.8. The average molecular weight is 329 g/mol. The van der Waals surface area contributed by atoms with Crippen LogP contribution in [0.4, 0.5) is 13.2 Å². The molecule has 0 aliphatic heterocycles. The molecule has 1 aromatic carbocycles. The fraction of sp³-hybridized carbons (Fsp3) is 0.417. The van der Waals surface area contributed by atoms with Crippen LogP contribution in [0.3, 0.4) is 0 Å². The molecule has 0 saturated carbocycles. The van der Waals surface area contributed by atoms with E-state index in [-0.39, 0.29) is 24.6 Å². The number of nitrogens with one attached hydrogen (secondary N) is 1.